The molecule has 0 aliphatic rings. The van der Waals surface area contributed by atoms with Gasteiger partial charge in [0.25, 0.3) is 5.91 Å². The van der Waals surface area contributed by atoms with Crippen LogP contribution in [0.3, 0.4) is 0 Å². The van der Waals surface area contributed by atoms with Gasteiger partial charge >= 0.3 is 0 Å². The summed E-state index contributed by atoms with van der Waals surface area (Å²) >= 11 is 0. The summed E-state index contributed by atoms with van der Waals surface area (Å²) in [6.45, 7) is 6.36. The van der Waals surface area contributed by atoms with Crippen molar-refractivity contribution in [2.45, 2.75) is 20.8 Å². The maximum Gasteiger partial charge on any atom is 0.289 e. The number of amides is 1. The van der Waals surface area contributed by atoms with Crippen molar-refractivity contribution in [1.29, 1.82) is 0 Å². The van der Waals surface area contributed by atoms with Crippen LogP contribution in [0.4, 0.5) is 0 Å². The number of rotatable bonds is 6. The number of hydrazone groups is 1. The number of aromatic nitrogens is 2. The Labute approximate surface area is 158 Å². The number of carbonyl (C=O) groups is 1. The number of nitrogens with zero attached hydrogens (tertiary/aromatic N) is 2. The lowest BCUT2D eigenvalue weighted by molar-refractivity contribution is 0.0950. The first-order valence-electron chi connectivity index (χ1n) is 8.77. The zero-order chi connectivity index (χ0) is 19.2. The minimum absolute atomic E-state index is 0.330. The highest BCUT2D eigenvalue weighted by Crippen LogP contribution is 2.28. The van der Waals surface area contributed by atoms with E-state index in [0.29, 0.717) is 18.0 Å². The Kier molecular flexibility index (Phi) is 5.66. The number of hydrogen-bond donors (Lipinski definition) is 2. The number of aryl methyl sites for hydroxylation is 1. The van der Waals surface area contributed by atoms with Crippen molar-refractivity contribution in [1.82, 2.24) is 15.6 Å². The molecule has 1 amide bonds. The Hall–Kier alpha value is -3.41. The Morgan fingerprint density at radius 1 is 1.19 bits per heavy atom. The summed E-state index contributed by atoms with van der Waals surface area (Å²) in [5.41, 5.74) is 7.22. The molecule has 1 heterocycles. The molecule has 0 atom stereocenters. The molecule has 0 unspecified atom stereocenters. The van der Waals surface area contributed by atoms with Gasteiger partial charge in [0.15, 0.2) is 0 Å². The van der Waals surface area contributed by atoms with Crippen LogP contribution in [0.2, 0.25) is 0 Å². The van der Waals surface area contributed by atoms with Crippen molar-refractivity contribution in [3.8, 4) is 17.0 Å². The average molecular weight is 362 g/mol. The molecule has 0 aliphatic heterocycles. The Morgan fingerprint density at radius 2 is 1.93 bits per heavy atom. The minimum atomic E-state index is -0.353. The number of aromatic amines is 1. The Balaban J connectivity index is 1.74. The largest absolute Gasteiger partial charge is 0.493 e. The van der Waals surface area contributed by atoms with Gasteiger partial charge in [0.1, 0.15) is 11.4 Å². The molecule has 0 bridgehead atoms. The predicted molar refractivity (Wildman–Crippen MR) is 106 cm³/mol. The summed E-state index contributed by atoms with van der Waals surface area (Å²) in [5, 5.41) is 11.2. The third-order valence-corrected chi connectivity index (χ3v) is 4.08. The summed E-state index contributed by atoms with van der Waals surface area (Å²) in [7, 11) is 0. The molecule has 0 radical (unpaired) electrons. The van der Waals surface area contributed by atoms with Crippen LogP contribution in [-0.2, 0) is 0 Å². The molecule has 6 nitrogen and oxygen atoms in total. The summed E-state index contributed by atoms with van der Waals surface area (Å²) in [5.74, 6) is 0.376. The molecular weight excluding hydrogens is 340 g/mol. The van der Waals surface area contributed by atoms with Crippen molar-refractivity contribution in [2.24, 2.45) is 5.10 Å². The number of H-pyrrole nitrogens is 1. The van der Waals surface area contributed by atoms with Crippen LogP contribution in [0.1, 0.15) is 35.5 Å². The van der Waals surface area contributed by atoms with Gasteiger partial charge in [-0.2, -0.15) is 10.2 Å². The quantitative estimate of drug-likeness (QED) is 0.515. The molecule has 2 N–H and O–H groups in total. The third-order valence-electron chi connectivity index (χ3n) is 4.08. The lowest BCUT2D eigenvalue weighted by Gasteiger charge is -2.07. The van der Waals surface area contributed by atoms with E-state index in [1.807, 2.05) is 69.3 Å². The second-order valence-corrected chi connectivity index (χ2v) is 6.10. The summed E-state index contributed by atoms with van der Waals surface area (Å²) in [6.07, 6.45) is 0. The van der Waals surface area contributed by atoms with Crippen molar-refractivity contribution in [2.75, 3.05) is 6.61 Å². The van der Waals surface area contributed by atoms with Crippen molar-refractivity contribution >= 4 is 11.6 Å². The van der Waals surface area contributed by atoms with Crippen molar-refractivity contribution in [3.63, 3.8) is 0 Å². The average Bonchev–Trinajstić information content (AvgIpc) is 3.17. The van der Waals surface area contributed by atoms with Crippen molar-refractivity contribution in [3.05, 3.63) is 71.4 Å². The van der Waals surface area contributed by atoms with Gasteiger partial charge in [-0.05, 0) is 44.5 Å². The van der Waals surface area contributed by atoms with Crippen LogP contribution in [0.25, 0.3) is 11.3 Å². The van der Waals surface area contributed by atoms with E-state index in [4.69, 9.17) is 4.74 Å². The number of ether oxygens (including phenoxy) is 1. The predicted octanol–water partition coefficient (Wildman–Crippen LogP) is 3.94. The Bertz CT molecular complexity index is 958. The fourth-order valence-corrected chi connectivity index (χ4v) is 2.59. The molecule has 6 heteroatoms. The Morgan fingerprint density at radius 3 is 2.67 bits per heavy atom. The van der Waals surface area contributed by atoms with Gasteiger partial charge in [0, 0.05) is 5.56 Å². The van der Waals surface area contributed by atoms with Crippen LogP contribution in [0.15, 0.2) is 59.7 Å². The molecule has 3 rings (SSSR count). The molecule has 0 fully saturated rings. The van der Waals surface area contributed by atoms with E-state index in [0.717, 1.165) is 22.6 Å². The van der Waals surface area contributed by atoms with Crippen molar-refractivity contribution < 1.29 is 9.53 Å². The lowest BCUT2D eigenvalue weighted by Crippen LogP contribution is -2.19. The molecular formula is C21H22N4O2. The van der Waals surface area contributed by atoms with Crippen LogP contribution in [-0.4, -0.2) is 28.4 Å². The molecule has 0 aliphatic carbocycles. The fraction of sp³-hybridized carbons (Fsp3) is 0.190. The molecule has 3 aromatic rings. The number of carbonyl (C=O) groups excluding carboxylic acids is 1. The molecule has 0 saturated heterocycles. The van der Waals surface area contributed by atoms with Gasteiger partial charge in [-0.15, -0.1) is 0 Å². The van der Waals surface area contributed by atoms with E-state index in [1.54, 1.807) is 6.07 Å². The highest BCUT2D eigenvalue weighted by molar-refractivity contribution is 6.00. The molecule has 138 valence electrons. The van der Waals surface area contributed by atoms with Gasteiger partial charge in [0.05, 0.1) is 18.0 Å². The summed E-state index contributed by atoms with van der Waals surface area (Å²) in [6, 6.07) is 17.2. The number of nitrogens with one attached hydrogen (secondary N) is 2. The van der Waals surface area contributed by atoms with E-state index in [9.17, 15) is 4.79 Å². The molecule has 1 aromatic heterocycles. The normalized spacial score (nSPS) is 11.3. The SMILES string of the molecule is CCOc1ccccc1-c1cc(C(=O)N/N=C(\C)c2ccc(C)cc2)[nH]n1. The first-order valence-corrected chi connectivity index (χ1v) is 8.77. The minimum Gasteiger partial charge on any atom is -0.493 e. The second-order valence-electron chi connectivity index (χ2n) is 6.10. The highest BCUT2D eigenvalue weighted by Gasteiger charge is 2.13. The van der Waals surface area contributed by atoms with E-state index in [-0.39, 0.29) is 5.91 Å². The van der Waals surface area contributed by atoms with E-state index < -0.39 is 0 Å². The summed E-state index contributed by atoms with van der Waals surface area (Å²) in [4.78, 5) is 12.4. The zero-order valence-corrected chi connectivity index (χ0v) is 15.6. The topological polar surface area (TPSA) is 79.4 Å². The van der Waals surface area contributed by atoms with E-state index in [1.165, 1.54) is 5.56 Å². The molecule has 0 spiro atoms. The lowest BCUT2D eigenvalue weighted by atomic mass is 10.1. The van der Waals surface area contributed by atoms with Crippen LogP contribution in [0.5, 0.6) is 5.75 Å². The first-order chi connectivity index (χ1) is 13.1. The first kappa shape index (κ1) is 18.4. The van der Waals surface area contributed by atoms with Crippen LogP contribution in [0, 0.1) is 6.92 Å². The monoisotopic (exact) mass is 362 g/mol. The number of benzene rings is 2. The van der Waals surface area contributed by atoms with Gasteiger partial charge in [-0.3, -0.25) is 9.89 Å². The molecule has 27 heavy (non-hydrogen) atoms. The fourth-order valence-electron chi connectivity index (χ4n) is 2.59. The van der Waals surface area contributed by atoms with Gasteiger partial charge in [0.2, 0.25) is 0 Å². The second kappa shape index (κ2) is 8.31. The van der Waals surface area contributed by atoms with Gasteiger partial charge in [-0.1, -0.05) is 42.0 Å². The molecule has 0 saturated carbocycles. The third kappa shape index (κ3) is 4.41. The number of para-hydroxylation sites is 1. The smallest absolute Gasteiger partial charge is 0.289 e. The maximum atomic E-state index is 12.4. The van der Waals surface area contributed by atoms with Crippen LogP contribution >= 0.6 is 0 Å². The number of hydrogen-bond acceptors (Lipinski definition) is 4. The molecule has 2 aromatic carbocycles. The zero-order valence-electron chi connectivity index (χ0n) is 15.6. The van der Waals surface area contributed by atoms with Gasteiger partial charge < -0.3 is 4.74 Å². The maximum absolute atomic E-state index is 12.4. The standard InChI is InChI=1S/C21H22N4O2/c1-4-27-20-8-6-5-7-17(20)18-13-19(24-23-18)21(26)25-22-15(3)16-11-9-14(2)10-12-16/h5-13H,4H2,1-3H3,(H,23,24)(H,25,26)/b22-15+. The van der Waals surface area contributed by atoms with E-state index >= 15 is 0 Å². The van der Waals surface area contributed by atoms with Gasteiger partial charge in [-0.25, -0.2) is 5.43 Å². The summed E-state index contributed by atoms with van der Waals surface area (Å²) < 4.78 is 5.62. The van der Waals surface area contributed by atoms with E-state index in [2.05, 4.69) is 20.7 Å². The highest BCUT2D eigenvalue weighted by atomic mass is 16.5. The van der Waals surface area contributed by atoms with Crippen LogP contribution < -0.4 is 10.2 Å².